The Balaban J connectivity index is 1.61. The van der Waals surface area contributed by atoms with E-state index in [1.165, 1.54) is 6.42 Å². The maximum atomic E-state index is 14.9. The normalized spacial score (nSPS) is 29.3. The zero-order chi connectivity index (χ0) is 38.3. The first-order valence-electron chi connectivity index (χ1n) is 19.3. The number of urea groups is 1. The molecule has 0 aromatic rings. The summed E-state index contributed by atoms with van der Waals surface area (Å²) < 4.78 is 14.5. The Bertz CT molecular complexity index is 1370. The SMILES string of the molecule is C=C(N)C(=O)C(CC1CCC1C)NC(=O)[C@@H]1C[C@](C)(C(C)(C)C2CCC2)CN1C(=O)[C@@H](NC(=O)N[C@H](CN1CCCS1=O)C(C)(C)C)C(C)(C)C. The molecular formula is C39H68N6O5S. The Morgan fingerprint density at radius 1 is 0.941 bits per heavy atom. The van der Waals surface area contributed by atoms with Gasteiger partial charge in [0.2, 0.25) is 11.8 Å². The molecule has 4 fully saturated rings. The van der Waals surface area contributed by atoms with Gasteiger partial charge in [-0.05, 0) is 77.9 Å². The number of amides is 4. The van der Waals surface area contributed by atoms with Crippen molar-refractivity contribution in [1.29, 1.82) is 0 Å². The van der Waals surface area contributed by atoms with E-state index in [4.69, 9.17) is 5.73 Å². The van der Waals surface area contributed by atoms with E-state index >= 15 is 0 Å². The van der Waals surface area contributed by atoms with Crippen LogP contribution in [-0.4, -0.2) is 86.6 Å². The lowest BCUT2D eigenvalue weighted by Gasteiger charge is -2.50. The molecule has 290 valence electrons. The number of ketones is 1. The molecule has 51 heavy (non-hydrogen) atoms. The van der Waals surface area contributed by atoms with Crippen LogP contribution in [0.2, 0.25) is 0 Å². The molecule has 11 nitrogen and oxygen atoms in total. The van der Waals surface area contributed by atoms with Gasteiger partial charge in [-0.15, -0.1) is 0 Å². The zero-order valence-corrected chi connectivity index (χ0v) is 34.0. The summed E-state index contributed by atoms with van der Waals surface area (Å²) >= 11 is 0. The molecule has 5 N–H and O–H groups in total. The highest BCUT2D eigenvalue weighted by Gasteiger charge is 2.57. The molecule has 0 spiro atoms. The number of rotatable bonds is 13. The number of hydrogen-bond acceptors (Lipinski definition) is 6. The molecule has 0 radical (unpaired) electrons. The fourth-order valence-electron chi connectivity index (χ4n) is 8.41. The molecule has 4 amide bonds. The highest BCUT2D eigenvalue weighted by atomic mass is 32.2. The average molecular weight is 733 g/mol. The summed E-state index contributed by atoms with van der Waals surface area (Å²) in [5, 5.41) is 9.16. The Morgan fingerprint density at radius 2 is 1.59 bits per heavy atom. The van der Waals surface area contributed by atoms with Crippen molar-refractivity contribution in [3.8, 4) is 0 Å². The highest BCUT2D eigenvalue weighted by molar-refractivity contribution is 7.82. The lowest BCUT2D eigenvalue weighted by atomic mass is 9.54. The second-order valence-corrected chi connectivity index (χ2v) is 20.8. The van der Waals surface area contributed by atoms with Crippen LogP contribution >= 0.6 is 0 Å². The monoisotopic (exact) mass is 732 g/mol. The summed E-state index contributed by atoms with van der Waals surface area (Å²) in [6.45, 7) is 25.9. The van der Waals surface area contributed by atoms with Gasteiger partial charge >= 0.3 is 6.03 Å². The van der Waals surface area contributed by atoms with Gasteiger partial charge in [0, 0.05) is 31.4 Å². The van der Waals surface area contributed by atoms with Crippen LogP contribution in [0.4, 0.5) is 4.79 Å². The van der Waals surface area contributed by atoms with E-state index in [2.05, 4.69) is 50.2 Å². The van der Waals surface area contributed by atoms with Gasteiger partial charge in [-0.2, -0.15) is 0 Å². The standard InChI is InChI=1S/C39H68N6O5S/c1-24-16-17-26(24)20-28(31(46)25(2)40)41-33(47)29-21-39(11,38(9,10)27-14-12-15-27)23-45(29)34(48)32(37(6,7)8)43-35(49)42-30(36(3,4)5)22-44-18-13-19-51(44)50/h24,26-30,32H,2,12-23,40H2,1,3-11H3,(H,41,47)(H2,42,43,49)/t24?,26?,28?,29-,30+,32+,39-,51?/m0/s1. The zero-order valence-electron chi connectivity index (χ0n) is 33.2. The summed E-state index contributed by atoms with van der Waals surface area (Å²) in [4.78, 5) is 58.0. The first kappa shape index (κ1) is 41.3. The molecule has 4 aliphatic rings. The van der Waals surface area contributed by atoms with Crippen LogP contribution in [0.5, 0.6) is 0 Å². The quantitative estimate of drug-likeness (QED) is 0.198. The van der Waals surface area contributed by atoms with E-state index in [-0.39, 0.29) is 45.6 Å². The van der Waals surface area contributed by atoms with Crippen molar-refractivity contribution < 1.29 is 23.4 Å². The summed E-state index contributed by atoms with van der Waals surface area (Å²) in [6.07, 6.45) is 7.28. The van der Waals surface area contributed by atoms with Crippen LogP contribution in [0.25, 0.3) is 0 Å². The second kappa shape index (κ2) is 15.5. The maximum Gasteiger partial charge on any atom is 0.315 e. The van der Waals surface area contributed by atoms with Crippen LogP contribution in [0.3, 0.4) is 0 Å². The van der Waals surface area contributed by atoms with E-state index < -0.39 is 40.6 Å². The molecule has 2 aliphatic heterocycles. The van der Waals surface area contributed by atoms with Crippen molar-refractivity contribution in [1.82, 2.24) is 25.2 Å². The second-order valence-electron chi connectivity index (χ2n) is 19.2. The number of likely N-dealkylation sites (tertiary alicyclic amines) is 1. The molecule has 4 unspecified atom stereocenters. The maximum absolute atomic E-state index is 14.9. The first-order chi connectivity index (χ1) is 23.5. The van der Waals surface area contributed by atoms with E-state index in [0.29, 0.717) is 56.0 Å². The van der Waals surface area contributed by atoms with Crippen molar-refractivity contribution in [3.05, 3.63) is 12.3 Å². The van der Waals surface area contributed by atoms with Gasteiger partial charge in [-0.25, -0.2) is 13.3 Å². The number of carbonyl (C=O) groups excluding carboxylic acids is 4. The summed E-state index contributed by atoms with van der Waals surface area (Å²) in [5.41, 5.74) is 4.23. The molecule has 0 bridgehead atoms. The minimum absolute atomic E-state index is 0.0878. The Kier molecular flexibility index (Phi) is 12.5. The van der Waals surface area contributed by atoms with Crippen LogP contribution in [0.1, 0.15) is 121 Å². The largest absolute Gasteiger partial charge is 0.396 e. The lowest BCUT2D eigenvalue weighted by molar-refractivity contribution is -0.142. The van der Waals surface area contributed by atoms with Crippen molar-refractivity contribution in [2.45, 2.75) is 145 Å². The minimum Gasteiger partial charge on any atom is -0.396 e. The molecule has 2 aliphatic carbocycles. The summed E-state index contributed by atoms with van der Waals surface area (Å²) in [5.74, 6) is 0.799. The molecule has 0 aromatic carbocycles. The first-order valence-corrected chi connectivity index (χ1v) is 20.5. The molecule has 2 heterocycles. The number of Topliss-reactive ketones (excluding diaryl/α,β-unsaturated/α-hetero) is 1. The molecule has 2 saturated carbocycles. The number of carbonyl (C=O) groups is 4. The topological polar surface area (TPSA) is 154 Å². The van der Waals surface area contributed by atoms with Gasteiger partial charge in [0.15, 0.2) is 5.78 Å². The fourth-order valence-corrected chi connectivity index (χ4v) is 9.69. The molecule has 12 heteroatoms. The van der Waals surface area contributed by atoms with Crippen LogP contribution in [0.15, 0.2) is 12.3 Å². The number of nitrogens with two attached hydrogens (primary N) is 1. The number of nitrogens with zero attached hydrogens (tertiary/aromatic N) is 2. The third-order valence-corrected chi connectivity index (χ3v) is 14.8. The molecule has 4 rings (SSSR count). The Hall–Kier alpha value is -2.47. The predicted molar refractivity (Wildman–Crippen MR) is 203 cm³/mol. The van der Waals surface area contributed by atoms with Gasteiger partial charge < -0.3 is 26.6 Å². The van der Waals surface area contributed by atoms with Gasteiger partial charge in [0.1, 0.15) is 12.1 Å². The van der Waals surface area contributed by atoms with Crippen LogP contribution in [-0.2, 0) is 25.4 Å². The predicted octanol–water partition coefficient (Wildman–Crippen LogP) is 4.88. The Labute approximate surface area is 310 Å². The van der Waals surface area contributed by atoms with Gasteiger partial charge in [0.25, 0.3) is 0 Å². The van der Waals surface area contributed by atoms with Crippen LogP contribution < -0.4 is 21.7 Å². The molecular weight excluding hydrogens is 665 g/mol. The fraction of sp³-hybridized carbons (Fsp3) is 0.846. The van der Waals surface area contributed by atoms with Crippen LogP contribution in [0, 0.1) is 39.4 Å². The highest BCUT2D eigenvalue weighted by Crippen LogP contribution is 2.57. The third kappa shape index (κ3) is 9.19. The van der Waals surface area contributed by atoms with Gasteiger partial charge in [-0.1, -0.05) is 88.7 Å². The van der Waals surface area contributed by atoms with Crippen molar-refractivity contribution in [3.63, 3.8) is 0 Å². The summed E-state index contributed by atoms with van der Waals surface area (Å²) in [7, 11) is -1.07. The molecule has 8 atom stereocenters. The molecule has 0 aromatic heterocycles. The lowest BCUT2D eigenvalue weighted by Crippen LogP contribution is -2.62. The Morgan fingerprint density at radius 3 is 2.04 bits per heavy atom. The molecule has 2 saturated heterocycles. The van der Waals surface area contributed by atoms with E-state index in [1.54, 1.807) is 4.90 Å². The van der Waals surface area contributed by atoms with E-state index in [9.17, 15) is 23.4 Å². The third-order valence-electron chi connectivity index (χ3n) is 13.2. The van der Waals surface area contributed by atoms with Crippen molar-refractivity contribution in [2.24, 2.45) is 45.1 Å². The summed E-state index contributed by atoms with van der Waals surface area (Å²) in [6, 6.07) is -3.39. The smallest absolute Gasteiger partial charge is 0.315 e. The minimum atomic E-state index is -1.07. The van der Waals surface area contributed by atoms with Crippen molar-refractivity contribution in [2.75, 3.05) is 25.4 Å². The number of nitrogens with one attached hydrogen (secondary N) is 3. The number of hydrogen-bond donors (Lipinski definition) is 4. The van der Waals surface area contributed by atoms with Gasteiger partial charge in [-0.3, -0.25) is 14.4 Å². The van der Waals surface area contributed by atoms with Gasteiger partial charge in [0.05, 0.1) is 22.7 Å². The van der Waals surface area contributed by atoms with E-state index in [0.717, 1.165) is 32.1 Å². The average Bonchev–Trinajstić information content (AvgIpc) is 3.57. The van der Waals surface area contributed by atoms with Crippen molar-refractivity contribution >= 4 is 34.6 Å². The van der Waals surface area contributed by atoms with E-state index in [1.807, 2.05) is 45.8 Å².